The van der Waals surface area contributed by atoms with Crippen molar-refractivity contribution >= 4 is 11.1 Å². The SMILES string of the molecule is C=C(CC)/C(=C(\C)CCC(C)C)c1c(C)ccc(/C(CCCC)=C(/C(=C)N)C(C)C)c1C. The molecule has 0 aliphatic rings. The van der Waals surface area contributed by atoms with Gasteiger partial charge < -0.3 is 5.73 Å². The number of allylic oxidation sites excluding steroid dienone is 5. The zero-order chi connectivity index (χ0) is 24.6. The first-order chi connectivity index (χ1) is 15.0. The Labute approximate surface area is 199 Å². The molecule has 178 valence electrons. The summed E-state index contributed by atoms with van der Waals surface area (Å²) in [5.74, 6) is 1.04. The topological polar surface area (TPSA) is 26.0 Å². The van der Waals surface area contributed by atoms with E-state index >= 15 is 0 Å². The van der Waals surface area contributed by atoms with Crippen LogP contribution >= 0.6 is 0 Å². The fraction of sp³-hybridized carbons (Fsp3) is 0.548. The highest BCUT2D eigenvalue weighted by Gasteiger charge is 2.21. The minimum absolute atomic E-state index is 0.344. The van der Waals surface area contributed by atoms with Crippen LogP contribution in [0.1, 0.15) is 109 Å². The predicted octanol–water partition coefficient (Wildman–Crippen LogP) is 9.55. The Morgan fingerprint density at radius 3 is 2.09 bits per heavy atom. The van der Waals surface area contributed by atoms with E-state index in [-0.39, 0.29) is 0 Å². The monoisotopic (exact) mass is 435 g/mol. The maximum atomic E-state index is 6.34. The van der Waals surface area contributed by atoms with Crippen molar-refractivity contribution in [3.8, 4) is 0 Å². The minimum Gasteiger partial charge on any atom is -0.399 e. The zero-order valence-electron chi connectivity index (χ0n) is 22.5. The molecule has 1 rings (SSSR count). The van der Waals surface area contributed by atoms with Crippen LogP contribution in [0.4, 0.5) is 0 Å². The van der Waals surface area contributed by atoms with Gasteiger partial charge >= 0.3 is 0 Å². The molecule has 32 heavy (non-hydrogen) atoms. The number of rotatable bonds is 12. The van der Waals surface area contributed by atoms with Crippen LogP contribution in [0.2, 0.25) is 0 Å². The second-order valence-corrected chi connectivity index (χ2v) is 10.2. The van der Waals surface area contributed by atoms with E-state index in [0.717, 1.165) is 32.1 Å². The maximum absolute atomic E-state index is 6.34. The van der Waals surface area contributed by atoms with E-state index in [0.29, 0.717) is 17.5 Å². The molecule has 0 amide bonds. The second kappa shape index (κ2) is 12.9. The molecule has 0 unspecified atom stereocenters. The van der Waals surface area contributed by atoms with Crippen LogP contribution in [0.15, 0.2) is 47.7 Å². The fourth-order valence-corrected chi connectivity index (χ4v) is 4.74. The normalized spacial score (nSPS) is 13.3. The van der Waals surface area contributed by atoms with Crippen molar-refractivity contribution in [1.82, 2.24) is 0 Å². The summed E-state index contributed by atoms with van der Waals surface area (Å²) in [6.45, 7) is 29.0. The van der Waals surface area contributed by atoms with Crippen LogP contribution in [-0.4, -0.2) is 0 Å². The first-order valence-electron chi connectivity index (χ1n) is 12.6. The molecule has 0 radical (unpaired) electrons. The van der Waals surface area contributed by atoms with Crippen molar-refractivity contribution in [2.75, 3.05) is 0 Å². The molecular weight excluding hydrogens is 386 g/mol. The highest BCUT2D eigenvalue weighted by Crippen LogP contribution is 2.40. The van der Waals surface area contributed by atoms with E-state index in [1.54, 1.807) is 0 Å². The van der Waals surface area contributed by atoms with E-state index in [4.69, 9.17) is 5.73 Å². The standard InChI is InChI=1S/C31H49N/c1-12-14-15-28(29(21(5)6)26(11)32)27-19-18-24(9)31(25(27)10)30(22(7)13-2)23(8)17-16-20(3)4/h18-21H,7,11-17,32H2,1-6,8-10H3/b29-28+,30-23-. The fourth-order valence-electron chi connectivity index (χ4n) is 4.74. The van der Waals surface area contributed by atoms with Gasteiger partial charge in [-0.25, -0.2) is 0 Å². The van der Waals surface area contributed by atoms with Crippen molar-refractivity contribution in [1.29, 1.82) is 0 Å². The van der Waals surface area contributed by atoms with Gasteiger partial charge in [-0.05, 0) is 109 Å². The minimum atomic E-state index is 0.344. The molecule has 1 heteroatoms. The maximum Gasteiger partial charge on any atom is 0.0279 e. The third-order valence-corrected chi connectivity index (χ3v) is 6.58. The van der Waals surface area contributed by atoms with Crippen LogP contribution in [0.25, 0.3) is 11.1 Å². The summed E-state index contributed by atoms with van der Waals surface area (Å²) >= 11 is 0. The average Bonchev–Trinajstić information content (AvgIpc) is 2.71. The Bertz CT molecular complexity index is 874. The van der Waals surface area contributed by atoms with Crippen LogP contribution in [-0.2, 0) is 0 Å². The molecule has 1 nitrogen and oxygen atoms in total. The molecular formula is C31H49N. The third kappa shape index (κ3) is 6.99. The molecule has 0 heterocycles. The molecule has 1 aromatic rings. The van der Waals surface area contributed by atoms with Crippen LogP contribution in [0.5, 0.6) is 0 Å². The summed E-state index contributed by atoms with van der Waals surface area (Å²) in [4.78, 5) is 0. The molecule has 2 N–H and O–H groups in total. The third-order valence-electron chi connectivity index (χ3n) is 6.58. The molecule has 0 saturated carbocycles. The van der Waals surface area contributed by atoms with Gasteiger partial charge in [0.1, 0.15) is 0 Å². The lowest BCUT2D eigenvalue weighted by Crippen LogP contribution is -2.10. The summed E-state index contributed by atoms with van der Waals surface area (Å²) in [5.41, 5.74) is 19.1. The van der Waals surface area contributed by atoms with Crippen molar-refractivity contribution in [3.05, 3.63) is 70.0 Å². The number of hydrogen-bond acceptors (Lipinski definition) is 1. The number of benzene rings is 1. The van der Waals surface area contributed by atoms with E-state index in [9.17, 15) is 0 Å². The summed E-state index contributed by atoms with van der Waals surface area (Å²) in [6, 6.07) is 4.60. The van der Waals surface area contributed by atoms with Crippen molar-refractivity contribution in [2.45, 2.75) is 101 Å². The van der Waals surface area contributed by atoms with Crippen LogP contribution in [0, 0.1) is 25.7 Å². The second-order valence-electron chi connectivity index (χ2n) is 10.2. The average molecular weight is 436 g/mol. The molecule has 0 spiro atoms. The predicted molar refractivity (Wildman–Crippen MR) is 147 cm³/mol. The zero-order valence-corrected chi connectivity index (χ0v) is 22.5. The molecule has 0 aliphatic heterocycles. The number of hydrogen-bond donors (Lipinski definition) is 1. The Morgan fingerprint density at radius 1 is 1.00 bits per heavy atom. The highest BCUT2D eigenvalue weighted by molar-refractivity contribution is 5.87. The van der Waals surface area contributed by atoms with Gasteiger partial charge in [-0.15, -0.1) is 0 Å². The van der Waals surface area contributed by atoms with Crippen LogP contribution < -0.4 is 5.73 Å². The summed E-state index contributed by atoms with van der Waals surface area (Å²) in [7, 11) is 0. The molecule has 0 fully saturated rings. The van der Waals surface area contributed by atoms with E-state index in [2.05, 4.69) is 87.6 Å². The lowest BCUT2D eigenvalue weighted by atomic mass is 9.80. The van der Waals surface area contributed by atoms with Gasteiger partial charge in [-0.2, -0.15) is 0 Å². The van der Waals surface area contributed by atoms with E-state index in [1.165, 1.54) is 56.5 Å². The Hall–Kier alpha value is -2.02. The molecule has 0 bridgehead atoms. The van der Waals surface area contributed by atoms with E-state index < -0.39 is 0 Å². The van der Waals surface area contributed by atoms with Crippen molar-refractivity contribution < 1.29 is 0 Å². The molecule has 0 aromatic heterocycles. The largest absolute Gasteiger partial charge is 0.399 e. The number of nitrogens with two attached hydrogens (primary N) is 1. The quantitative estimate of drug-likeness (QED) is 0.325. The van der Waals surface area contributed by atoms with Gasteiger partial charge in [0.25, 0.3) is 0 Å². The highest BCUT2D eigenvalue weighted by atomic mass is 14.6. The van der Waals surface area contributed by atoms with Crippen molar-refractivity contribution in [2.24, 2.45) is 17.6 Å². The molecule has 0 aliphatic carbocycles. The van der Waals surface area contributed by atoms with Gasteiger partial charge in [-0.3, -0.25) is 0 Å². The Kier molecular flexibility index (Phi) is 11.3. The first kappa shape index (κ1) is 28.0. The van der Waals surface area contributed by atoms with Gasteiger partial charge in [0.15, 0.2) is 0 Å². The Balaban J connectivity index is 3.91. The number of aryl methyl sites for hydroxylation is 1. The summed E-state index contributed by atoms with van der Waals surface area (Å²) in [6.07, 6.45) is 6.63. The summed E-state index contributed by atoms with van der Waals surface area (Å²) < 4.78 is 0. The summed E-state index contributed by atoms with van der Waals surface area (Å²) in [5, 5.41) is 0. The van der Waals surface area contributed by atoms with Gasteiger partial charge in [0.05, 0.1) is 0 Å². The van der Waals surface area contributed by atoms with Gasteiger partial charge in [0, 0.05) is 5.70 Å². The van der Waals surface area contributed by atoms with Gasteiger partial charge in [0.2, 0.25) is 0 Å². The smallest absolute Gasteiger partial charge is 0.0279 e. The Morgan fingerprint density at radius 2 is 1.62 bits per heavy atom. The molecule has 0 atom stereocenters. The van der Waals surface area contributed by atoms with Crippen molar-refractivity contribution in [3.63, 3.8) is 0 Å². The molecule has 1 aromatic carbocycles. The first-order valence-corrected chi connectivity index (χ1v) is 12.6. The van der Waals surface area contributed by atoms with Crippen LogP contribution in [0.3, 0.4) is 0 Å². The molecule has 0 saturated heterocycles. The lowest BCUT2D eigenvalue weighted by molar-refractivity contribution is 0.585. The van der Waals surface area contributed by atoms with Gasteiger partial charge in [-0.1, -0.05) is 78.8 Å². The number of unbranched alkanes of at least 4 members (excludes halogenated alkanes) is 1. The van der Waals surface area contributed by atoms with E-state index in [1.807, 2.05) is 0 Å². The lowest BCUT2D eigenvalue weighted by Gasteiger charge is -2.25.